The van der Waals surface area contributed by atoms with Crippen molar-refractivity contribution in [3.8, 4) is 5.75 Å². The van der Waals surface area contributed by atoms with Gasteiger partial charge in [-0.2, -0.15) is 0 Å². The zero-order valence-corrected chi connectivity index (χ0v) is 20.8. The first-order chi connectivity index (χ1) is 17.7. The van der Waals surface area contributed by atoms with Gasteiger partial charge in [0.1, 0.15) is 5.75 Å². The Hall–Kier alpha value is -3.23. The van der Waals surface area contributed by atoms with Gasteiger partial charge in [-0.15, -0.1) is 0 Å². The van der Waals surface area contributed by atoms with Crippen LogP contribution >= 0.6 is 0 Å². The third-order valence-corrected chi connectivity index (χ3v) is 6.96. The molecule has 0 atom stereocenters. The summed E-state index contributed by atoms with van der Waals surface area (Å²) in [5, 5.41) is 14.5. The van der Waals surface area contributed by atoms with E-state index in [0.717, 1.165) is 75.4 Å². The lowest BCUT2D eigenvalue weighted by atomic mass is 10.0. The van der Waals surface area contributed by atoms with Gasteiger partial charge >= 0.3 is 0 Å². The summed E-state index contributed by atoms with van der Waals surface area (Å²) in [7, 11) is 0. The number of H-pyrrole nitrogens is 1. The standard InChI is InChI=1S/C29H36N6O/c30-11-15-34(16-13-31-18-24-3-1-2-12-32-24)19-22-4-6-23(7-5-22)20-35-14-10-26-27-17-25(36)8-9-28(27)33-29(26)21-35/h1-9,12,17,31,33,36H,10-11,13-16,18-21,30H2. The number of nitrogens with zero attached hydrogens (tertiary/aromatic N) is 3. The Morgan fingerprint density at radius 3 is 2.72 bits per heavy atom. The summed E-state index contributed by atoms with van der Waals surface area (Å²) in [6.45, 7) is 7.93. The quantitative estimate of drug-likeness (QED) is 0.244. The molecule has 2 aromatic carbocycles. The van der Waals surface area contributed by atoms with Crippen molar-refractivity contribution in [2.75, 3.05) is 32.7 Å². The molecule has 4 aromatic rings. The first kappa shape index (κ1) is 24.5. The minimum atomic E-state index is 0.331. The summed E-state index contributed by atoms with van der Waals surface area (Å²) in [6.07, 6.45) is 2.83. The average Bonchev–Trinajstić information content (AvgIpc) is 3.25. The molecule has 5 N–H and O–H groups in total. The topological polar surface area (TPSA) is 93.4 Å². The number of nitrogens with two attached hydrogens (primary N) is 1. The zero-order valence-electron chi connectivity index (χ0n) is 20.8. The molecule has 0 saturated heterocycles. The van der Waals surface area contributed by atoms with Crippen molar-refractivity contribution in [1.29, 1.82) is 0 Å². The maximum absolute atomic E-state index is 9.86. The fraction of sp³-hybridized carbons (Fsp3) is 0.345. The fourth-order valence-electron chi connectivity index (χ4n) is 5.09. The Morgan fingerprint density at radius 1 is 1.06 bits per heavy atom. The molecule has 36 heavy (non-hydrogen) atoms. The maximum atomic E-state index is 9.86. The number of phenolic OH excluding ortho intramolecular Hbond substituents is 1. The number of aromatic hydroxyl groups is 1. The molecule has 1 aliphatic heterocycles. The van der Waals surface area contributed by atoms with Gasteiger partial charge in [-0.05, 0) is 53.4 Å². The van der Waals surface area contributed by atoms with Gasteiger partial charge < -0.3 is 21.1 Å². The van der Waals surface area contributed by atoms with E-state index in [1.165, 1.54) is 22.4 Å². The normalized spacial score (nSPS) is 13.9. The lowest BCUT2D eigenvalue weighted by Gasteiger charge is -2.27. The van der Waals surface area contributed by atoms with Gasteiger partial charge in [0.25, 0.3) is 0 Å². The summed E-state index contributed by atoms with van der Waals surface area (Å²) < 4.78 is 0. The monoisotopic (exact) mass is 484 g/mol. The van der Waals surface area contributed by atoms with Crippen LogP contribution in [0.3, 0.4) is 0 Å². The van der Waals surface area contributed by atoms with Gasteiger partial charge in [0.05, 0.1) is 5.69 Å². The van der Waals surface area contributed by atoms with E-state index in [0.29, 0.717) is 12.3 Å². The second kappa shape index (κ2) is 11.7. The van der Waals surface area contributed by atoms with Gasteiger partial charge in [-0.1, -0.05) is 30.3 Å². The van der Waals surface area contributed by atoms with E-state index < -0.39 is 0 Å². The number of rotatable bonds is 11. The molecular weight excluding hydrogens is 448 g/mol. The van der Waals surface area contributed by atoms with Crippen LogP contribution < -0.4 is 11.1 Å². The number of benzene rings is 2. The molecule has 3 heterocycles. The number of aromatic amines is 1. The van der Waals surface area contributed by atoms with E-state index in [1.807, 2.05) is 36.5 Å². The van der Waals surface area contributed by atoms with Crippen molar-refractivity contribution in [1.82, 2.24) is 25.1 Å². The molecule has 0 amide bonds. The second-order valence-electron chi connectivity index (χ2n) is 9.65. The molecule has 0 unspecified atom stereocenters. The molecule has 0 aliphatic carbocycles. The van der Waals surface area contributed by atoms with E-state index in [9.17, 15) is 5.11 Å². The third kappa shape index (κ3) is 6.12. The number of phenols is 1. The van der Waals surface area contributed by atoms with Gasteiger partial charge in [0.15, 0.2) is 0 Å². The number of fused-ring (bicyclic) bond motifs is 3. The lowest BCUT2D eigenvalue weighted by Crippen LogP contribution is -2.35. The predicted octanol–water partition coefficient (Wildman–Crippen LogP) is 3.38. The van der Waals surface area contributed by atoms with Crippen LogP contribution in [0.15, 0.2) is 66.9 Å². The molecule has 5 rings (SSSR count). The van der Waals surface area contributed by atoms with Crippen LogP contribution in [0.2, 0.25) is 0 Å². The Morgan fingerprint density at radius 2 is 1.92 bits per heavy atom. The van der Waals surface area contributed by atoms with E-state index in [1.54, 1.807) is 6.07 Å². The molecule has 0 saturated carbocycles. The smallest absolute Gasteiger partial charge is 0.116 e. The highest BCUT2D eigenvalue weighted by Crippen LogP contribution is 2.30. The van der Waals surface area contributed by atoms with Crippen LogP contribution in [-0.2, 0) is 32.6 Å². The summed E-state index contributed by atoms with van der Waals surface area (Å²) in [5.41, 5.74) is 13.3. The molecule has 1 aliphatic rings. The van der Waals surface area contributed by atoms with Crippen molar-refractivity contribution < 1.29 is 5.11 Å². The highest BCUT2D eigenvalue weighted by atomic mass is 16.3. The van der Waals surface area contributed by atoms with Gasteiger partial charge in [0.2, 0.25) is 0 Å². The highest BCUT2D eigenvalue weighted by Gasteiger charge is 2.21. The van der Waals surface area contributed by atoms with E-state index in [2.05, 4.69) is 49.4 Å². The predicted molar refractivity (Wildman–Crippen MR) is 144 cm³/mol. The third-order valence-electron chi connectivity index (χ3n) is 6.96. The Kier molecular flexibility index (Phi) is 7.93. The summed E-state index contributed by atoms with van der Waals surface area (Å²) in [4.78, 5) is 12.8. The van der Waals surface area contributed by atoms with Gasteiger partial charge in [-0.3, -0.25) is 14.8 Å². The van der Waals surface area contributed by atoms with Crippen molar-refractivity contribution in [3.63, 3.8) is 0 Å². The Bertz CT molecular complexity index is 1250. The molecule has 0 fully saturated rings. The molecule has 2 aromatic heterocycles. The highest BCUT2D eigenvalue weighted by molar-refractivity contribution is 5.86. The fourth-order valence-corrected chi connectivity index (χ4v) is 5.09. The zero-order chi connectivity index (χ0) is 24.7. The Labute approximate surface area is 213 Å². The molecule has 0 radical (unpaired) electrons. The minimum absolute atomic E-state index is 0.331. The molecule has 7 nitrogen and oxygen atoms in total. The SMILES string of the molecule is NCCN(CCNCc1ccccn1)Cc1ccc(CN2CCc3c([nH]c4ccc(O)cc34)C2)cc1. The molecule has 0 bridgehead atoms. The van der Waals surface area contributed by atoms with E-state index in [-0.39, 0.29) is 0 Å². The first-order valence-corrected chi connectivity index (χ1v) is 12.8. The number of nitrogens with one attached hydrogen (secondary N) is 2. The second-order valence-corrected chi connectivity index (χ2v) is 9.65. The number of hydrogen-bond donors (Lipinski definition) is 4. The number of hydrogen-bond acceptors (Lipinski definition) is 6. The Balaban J connectivity index is 1.12. The lowest BCUT2D eigenvalue weighted by molar-refractivity contribution is 0.243. The van der Waals surface area contributed by atoms with Crippen LogP contribution in [0.5, 0.6) is 5.75 Å². The number of aromatic nitrogens is 2. The van der Waals surface area contributed by atoms with E-state index in [4.69, 9.17) is 5.73 Å². The van der Waals surface area contributed by atoms with E-state index >= 15 is 0 Å². The largest absolute Gasteiger partial charge is 0.508 e. The summed E-state index contributed by atoms with van der Waals surface area (Å²) in [5.74, 6) is 0.331. The van der Waals surface area contributed by atoms with Crippen molar-refractivity contribution in [2.45, 2.75) is 32.6 Å². The van der Waals surface area contributed by atoms with Crippen LogP contribution in [0.1, 0.15) is 28.1 Å². The summed E-state index contributed by atoms with van der Waals surface area (Å²) >= 11 is 0. The summed E-state index contributed by atoms with van der Waals surface area (Å²) in [6, 6.07) is 20.6. The van der Waals surface area contributed by atoms with Crippen LogP contribution in [0.25, 0.3) is 10.9 Å². The molecule has 188 valence electrons. The van der Waals surface area contributed by atoms with Crippen LogP contribution in [0, 0.1) is 0 Å². The van der Waals surface area contributed by atoms with Crippen LogP contribution in [-0.4, -0.2) is 57.6 Å². The van der Waals surface area contributed by atoms with Crippen molar-refractivity contribution in [2.24, 2.45) is 5.73 Å². The average molecular weight is 485 g/mol. The molecule has 0 spiro atoms. The van der Waals surface area contributed by atoms with Crippen molar-refractivity contribution in [3.05, 3.63) is 94.9 Å². The van der Waals surface area contributed by atoms with Gasteiger partial charge in [-0.25, -0.2) is 0 Å². The maximum Gasteiger partial charge on any atom is 0.116 e. The minimum Gasteiger partial charge on any atom is -0.508 e. The first-order valence-electron chi connectivity index (χ1n) is 12.8. The number of pyridine rings is 1. The van der Waals surface area contributed by atoms with Crippen molar-refractivity contribution >= 4 is 10.9 Å². The van der Waals surface area contributed by atoms with Gasteiger partial charge in [0, 0.05) is 81.7 Å². The molecular formula is C29H36N6O. The molecule has 7 heteroatoms. The van der Waals surface area contributed by atoms with Crippen LogP contribution in [0.4, 0.5) is 0 Å².